The minimum atomic E-state index is -3.12. The maximum absolute atomic E-state index is 11.7. The van der Waals surface area contributed by atoms with Gasteiger partial charge in [0.15, 0.2) is 5.96 Å². The van der Waals surface area contributed by atoms with E-state index in [9.17, 15) is 13.5 Å². The third-order valence-electron chi connectivity index (χ3n) is 4.09. The molecule has 158 valence electrons. The van der Waals surface area contributed by atoms with Crippen LogP contribution in [0.25, 0.3) is 0 Å². The number of rotatable bonds is 13. The highest BCUT2D eigenvalue weighted by atomic mass is 127. The number of aliphatic imine (C=N–C) groups is 1. The molecule has 0 unspecified atom stereocenters. The minimum Gasteiger partial charge on any atom is -0.388 e. The smallest absolute Gasteiger partial charge is 0.213 e. The first-order valence-corrected chi connectivity index (χ1v) is 11.0. The topological polar surface area (TPSA) is 94.0 Å². The second-order valence-electron chi connectivity index (χ2n) is 6.42. The van der Waals surface area contributed by atoms with E-state index in [1.807, 2.05) is 6.92 Å². The second kappa shape index (κ2) is 14.9. The number of aliphatic hydroxyl groups is 1. The number of nitrogens with zero attached hydrogens (tertiary/aromatic N) is 2. The minimum absolute atomic E-state index is 0. The molecule has 9 heteroatoms. The van der Waals surface area contributed by atoms with Crippen molar-refractivity contribution in [2.45, 2.75) is 65.4 Å². The zero-order valence-electron chi connectivity index (χ0n) is 17.0. The number of hydrogen-bond donors (Lipinski definition) is 3. The van der Waals surface area contributed by atoms with Gasteiger partial charge in [-0.25, -0.2) is 12.7 Å². The summed E-state index contributed by atoms with van der Waals surface area (Å²) < 4.78 is 24.8. The fourth-order valence-corrected chi connectivity index (χ4v) is 3.50. The third-order valence-corrected chi connectivity index (χ3v) is 5.95. The van der Waals surface area contributed by atoms with Gasteiger partial charge in [-0.2, -0.15) is 0 Å². The lowest BCUT2D eigenvalue weighted by Crippen LogP contribution is -2.41. The van der Waals surface area contributed by atoms with Crippen LogP contribution in [0.2, 0.25) is 0 Å². The zero-order valence-corrected chi connectivity index (χ0v) is 20.2. The molecule has 0 aromatic heterocycles. The van der Waals surface area contributed by atoms with Crippen molar-refractivity contribution in [2.75, 3.05) is 39.0 Å². The van der Waals surface area contributed by atoms with Crippen molar-refractivity contribution in [3.8, 4) is 0 Å². The van der Waals surface area contributed by atoms with Gasteiger partial charge in [-0.3, -0.25) is 4.99 Å². The van der Waals surface area contributed by atoms with Crippen LogP contribution in [0.5, 0.6) is 0 Å². The molecule has 3 N–H and O–H groups in total. The average molecular weight is 506 g/mol. The molecule has 0 rings (SSSR count). The molecule has 0 saturated heterocycles. The second-order valence-corrected chi connectivity index (χ2v) is 8.79. The summed E-state index contributed by atoms with van der Waals surface area (Å²) in [5.41, 5.74) is -0.749. The fraction of sp³-hybridized carbons (Fsp3) is 0.941. The Kier molecular flexibility index (Phi) is 16.1. The summed E-state index contributed by atoms with van der Waals surface area (Å²) >= 11 is 0. The SMILES string of the molecule is CCCC(O)(CCC)CN=C(NCC)NCCCN(C)S(=O)(=O)CC.I. The maximum Gasteiger partial charge on any atom is 0.213 e. The molecule has 0 saturated carbocycles. The standard InChI is InChI=1S/C17H38N4O3S.HI/c1-6-11-17(22,12-7-2)15-20-16(18-8-3)19-13-10-14-21(5)25(23,24)9-4;/h22H,6-15H2,1-5H3,(H2,18,19,20);1H. The van der Waals surface area contributed by atoms with Gasteiger partial charge in [-0.15, -0.1) is 24.0 Å². The van der Waals surface area contributed by atoms with Gasteiger partial charge < -0.3 is 15.7 Å². The molecule has 0 amide bonds. The lowest BCUT2D eigenvalue weighted by Gasteiger charge is -2.26. The van der Waals surface area contributed by atoms with Gasteiger partial charge in [-0.1, -0.05) is 26.7 Å². The molecule has 0 radical (unpaired) electrons. The molecule has 26 heavy (non-hydrogen) atoms. The zero-order chi connectivity index (χ0) is 19.3. The van der Waals surface area contributed by atoms with Crippen molar-refractivity contribution in [3.63, 3.8) is 0 Å². The maximum atomic E-state index is 11.7. The molecule has 0 bridgehead atoms. The Bertz CT molecular complexity index is 480. The number of nitrogens with one attached hydrogen (secondary N) is 2. The van der Waals surface area contributed by atoms with Crippen LogP contribution in [-0.2, 0) is 10.0 Å². The normalized spacial score (nSPS) is 12.8. The van der Waals surface area contributed by atoms with Crippen LogP contribution in [-0.4, -0.2) is 68.4 Å². The monoisotopic (exact) mass is 506 g/mol. The van der Waals surface area contributed by atoms with Crippen molar-refractivity contribution in [1.29, 1.82) is 0 Å². The van der Waals surface area contributed by atoms with Crippen LogP contribution < -0.4 is 10.6 Å². The summed E-state index contributed by atoms with van der Waals surface area (Å²) in [6, 6.07) is 0. The Balaban J connectivity index is 0. The van der Waals surface area contributed by atoms with E-state index in [1.54, 1.807) is 14.0 Å². The van der Waals surface area contributed by atoms with Gasteiger partial charge in [-0.05, 0) is 33.1 Å². The van der Waals surface area contributed by atoms with Gasteiger partial charge >= 0.3 is 0 Å². The summed E-state index contributed by atoms with van der Waals surface area (Å²) in [4.78, 5) is 4.52. The van der Waals surface area contributed by atoms with Crippen LogP contribution in [0.4, 0.5) is 0 Å². The van der Waals surface area contributed by atoms with E-state index in [1.165, 1.54) is 4.31 Å². The molecule has 0 atom stereocenters. The Morgan fingerprint density at radius 1 is 1.12 bits per heavy atom. The highest BCUT2D eigenvalue weighted by Crippen LogP contribution is 2.19. The highest BCUT2D eigenvalue weighted by molar-refractivity contribution is 14.0. The van der Waals surface area contributed by atoms with Crippen molar-refractivity contribution >= 4 is 40.0 Å². The first-order valence-electron chi connectivity index (χ1n) is 9.43. The molecule has 7 nitrogen and oxygen atoms in total. The quantitative estimate of drug-likeness (QED) is 0.154. The van der Waals surface area contributed by atoms with Crippen LogP contribution in [0.3, 0.4) is 0 Å². The number of sulfonamides is 1. The van der Waals surface area contributed by atoms with E-state index in [-0.39, 0.29) is 29.7 Å². The van der Waals surface area contributed by atoms with Gasteiger partial charge in [0.25, 0.3) is 0 Å². The largest absolute Gasteiger partial charge is 0.388 e. The molecule has 0 aromatic carbocycles. The Labute approximate surface area is 177 Å². The summed E-state index contributed by atoms with van der Waals surface area (Å²) in [5, 5.41) is 17.0. The van der Waals surface area contributed by atoms with Gasteiger partial charge in [0.2, 0.25) is 10.0 Å². The predicted molar refractivity (Wildman–Crippen MR) is 121 cm³/mol. The summed E-state index contributed by atoms with van der Waals surface area (Å²) in [6.07, 6.45) is 4.02. The summed E-state index contributed by atoms with van der Waals surface area (Å²) in [5.74, 6) is 0.781. The number of hydrogen-bond acceptors (Lipinski definition) is 4. The molecule has 0 aliphatic carbocycles. The Hall–Kier alpha value is -0.130. The van der Waals surface area contributed by atoms with E-state index in [4.69, 9.17) is 0 Å². The van der Waals surface area contributed by atoms with Crippen molar-refractivity contribution in [3.05, 3.63) is 0 Å². The molecule has 0 aliphatic rings. The first-order chi connectivity index (χ1) is 11.7. The van der Waals surface area contributed by atoms with Crippen LogP contribution >= 0.6 is 24.0 Å². The summed E-state index contributed by atoms with van der Waals surface area (Å²) in [6.45, 7) is 9.96. The van der Waals surface area contributed by atoms with Gasteiger partial charge in [0.1, 0.15) is 0 Å². The molecule has 0 heterocycles. The van der Waals surface area contributed by atoms with Gasteiger partial charge in [0, 0.05) is 26.7 Å². The number of halogens is 1. The van der Waals surface area contributed by atoms with Crippen molar-refractivity contribution < 1.29 is 13.5 Å². The van der Waals surface area contributed by atoms with E-state index < -0.39 is 15.6 Å². The van der Waals surface area contributed by atoms with E-state index in [0.29, 0.717) is 32.0 Å². The molecule has 0 aromatic rings. The lowest BCUT2D eigenvalue weighted by molar-refractivity contribution is 0.0306. The average Bonchev–Trinajstić information content (AvgIpc) is 2.56. The fourth-order valence-electron chi connectivity index (χ4n) is 2.65. The van der Waals surface area contributed by atoms with Crippen LogP contribution in [0.1, 0.15) is 59.8 Å². The predicted octanol–water partition coefficient (Wildman–Crippen LogP) is 2.16. The molecule has 0 spiro atoms. The van der Waals surface area contributed by atoms with Crippen LogP contribution in [0.15, 0.2) is 4.99 Å². The van der Waals surface area contributed by atoms with E-state index >= 15 is 0 Å². The van der Waals surface area contributed by atoms with E-state index in [0.717, 1.165) is 32.2 Å². The van der Waals surface area contributed by atoms with E-state index in [2.05, 4.69) is 29.5 Å². The Morgan fingerprint density at radius 2 is 1.69 bits per heavy atom. The molecule has 0 aliphatic heterocycles. The lowest BCUT2D eigenvalue weighted by atomic mass is 9.93. The van der Waals surface area contributed by atoms with Crippen molar-refractivity contribution in [1.82, 2.24) is 14.9 Å². The van der Waals surface area contributed by atoms with Crippen molar-refractivity contribution in [2.24, 2.45) is 4.99 Å². The molecular weight excluding hydrogens is 467 g/mol. The van der Waals surface area contributed by atoms with Gasteiger partial charge in [0.05, 0.1) is 17.9 Å². The van der Waals surface area contributed by atoms with Crippen LogP contribution in [0, 0.1) is 0 Å². The summed E-state index contributed by atoms with van der Waals surface area (Å²) in [7, 11) is -1.52. The third kappa shape index (κ3) is 11.6. The highest BCUT2D eigenvalue weighted by Gasteiger charge is 2.24. The first kappa shape index (κ1) is 28.1. The molecule has 0 fully saturated rings. The number of guanidine groups is 1. The molecular formula is C17H39IN4O3S. The Morgan fingerprint density at radius 3 is 2.15 bits per heavy atom.